The highest BCUT2D eigenvalue weighted by Crippen LogP contribution is 2.32. The van der Waals surface area contributed by atoms with Crippen molar-refractivity contribution in [1.29, 1.82) is 0 Å². The average molecular weight is 289 g/mol. The summed E-state index contributed by atoms with van der Waals surface area (Å²) in [5.41, 5.74) is 2.07. The molecule has 4 nitrogen and oxygen atoms in total. The molecule has 1 aromatic heterocycles. The predicted octanol–water partition coefficient (Wildman–Crippen LogP) is 2.14. The van der Waals surface area contributed by atoms with Crippen molar-refractivity contribution in [3.05, 3.63) is 53.6 Å². The Morgan fingerprint density at radius 2 is 2.24 bits per heavy atom. The molecule has 1 aliphatic rings. The molecule has 3 rings (SSSR count). The molecule has 112 valence electrons. The van der Waals surface area contributed by atoms with Crippen molar-refractivity contribution in [2.45, 2.75) is 32.0 Å². The van der Waals surface area contributed by atoms with Gasteiger partial charge in [-0.3, -0.25) is 9.58 Å². The molecule has 0 saturated carbocycles. The lowest BCUT2D eigenvalue weighted by Crippen LogP contribution is -2.28. The van der Waals surface area contributed by atoms with E-state index in [-0.39, 0.29) is 18.0 Å². The maximum Gasteiger partial charge on any atom is 0.123 e. The summed E-state index contributed by atoms with van der Waals surface area (Å²) in [6.07, 6.45) is 4.14. The van der Waals surface area contributed by atoms with Crippen LogP contribution in [-0.4, -0.2) is 39.0 Å². The van der Waals surface area contributed by atoms with E-state index in [0.717, 1.165) is 24.2 Å². The van der Waals surface area contributed by atoms with Gasteiger partial charge in [-0.25, -0.2) is 4.39 Å². The van der Waals surface area contributed by atoms with Gasteiger partial charge < -0.3 is 5.11 Å². The van der Waals surface area contributed by atoms with Crippen LogP contribution in [0.3, 0.4) is 0 Å². The van der Waals surface area contributed by atoms with Gasteiger partial charge in [0.15, 0.2) is 0 Å². The van der Waals surface area contributed by atoms with E-state index in [4.69, 9.17) is 0 Å². The maximum atomic E-state index is 13.4. The second-order valence-corrected chi connectivity index (χ2v) is 5.74. The molecular formula is C16H20FN3O. The molecule has 1 N–H and O–H groups in total. The molecule has 0 spiro atoms. The Labute approximate surface area is 123 Å². The number of benzene rings is 1. The first kappa shape index (κ1) is 14.2. The number of halogens is 1. The summed E-state index contributed by atoms with van der Waals surface area (Å²) in [6, 6.07) is 6.74. The Bertz CT molecular complexity index is 613. The Kier molecular flexibility index (Phi) is 4.03. The lowest BCUT2D eigenvalue weighted by molar-refractivity contribution is 0.172. The second kappa shape index (κ2) is 5.95. The van der Waals surface area contributed by atoms with Crippen LogP contribution in [0, 0.1) is 12.7 Å². The van der Waals surface area contributed by atoms with E-state index in [1.54, 1.807) is 12.1 Å². The van der Waals surface area contributed by atoms with Crippen LogP contribution in [0.2, 0.25) is 0 Å². The fraction of sp³-hybridized carbons (Fsp3) is 0.438. The van der Waals surface area contributed by atoms with E-state index < -0.39 is 0 Å². The van der Waals surface area contributed by atoms with Gasteiger partial charge in [0.1, 0.15) is 5.82 Å². The van der Waals surface area contributed by atoms with Crippen molar-refractivity contribution in [2.24, 2.45) is 0 Å². The Hall–Kier alpha value is -1.72. The summed E-state index contributed by atoms with van der Waals surface area (Å²) in [6.45, 7) is 4.20. The molecular weight excluding hydrogens is 269 g/mol. The quantitative estimate of drug-likeness (QED) is 0.937. The Morgan fingerprint density at radius 3 is 2.95 bits per heavy atom. The number of nitrogens with zero attached hydrogens (tertiary/aromatic N) is 3. The third-order valence-electron chi connectivity index (χ3n) is 3.99. The molecule has 2 atom stereocenters. The van der Waals surface area contributed by atoms with Gasteiger partial charge in [0, 0.05) is 25.3 Å². The lowest BCUT2D eigenvalue weighted by Gasteiger charge is -2.24. The average Bonchev–Trinajstić information content (AvgIpc) is 3.02. The molecule has 1 aromatic carbocycles. The highest BCUT2D eigenvalue weighted by Gasteiger charge is 2.31. The molecule has 2 unspecified atom stereocenters. The van der Waals surface area contributed by atoms with Gasteiger partial charge >= 0.3 is 0 Å². The van der Waals surface area contributed by atoms with Crippen LogP contribution in [-0.2, 0) is 6.54 Å². The summed E-state index contributed by atoms with van der Waals surface area (Å²) in [7, 11) is 0. The lowest BCUT2D eigenvalue weighted by atomic mass is 10.0. The third-order valence-corrected chi connectivity index (χ3v) is 3.99. The standard InChI is InChI=1S/C16H20FN3O/c1-12-9-18-20(10-12)6-5-19-11-15(21)8-16(19)13-3-2-4-14(17)7-13/h2-4,7,9-10,15-16,21H,5-6,8,11H2,1H3. The predicted molar refractivity (Wildman–Crippen MR) is 78.3 cm³/mol. The van der Waals surface area contributed by atoms with Crippen molar-refractivity contribution in [3.8, 4) is 0 Å². The number of likely N-dealkylation sites (tertiary alicyclic amines) is 1. The van der Waals surface area contributed by atoms with Crippen molar-refractivity contribution in [2.75, 3.05) is 13.1 Å². The summed E-state index contributed by atoms with van der Waals surface area (Å²) in [5, 5.41) is 14.2. The van der Waals surface area contributed by atoms with Gasteiger partial charge in [0.25, 0.3) is 0 Å². The molecule has 0 radical (unpaired) electrons. The van der Waals surface area contributed by atoms with Gasteiger partial charge in [-0.2, -0.15) is 5.10 Å². The third kappa shape index (κ3) is 3.31. The number of β-amino-alcohol motifs (C(OH)–C–C–N with tert-alkyl or cyclic N) is 1. The number of aryl methyl sites for hydroxylation is 1. The van der Waals surface area contributed by atoms with Crippen LogP contribution in [0.5, 0.6) is 0 Å². The van der Waals surface area contributed by atoms with Gasteiger partial charge in [-0.05, 0) is 36.6 Å². The molecule has 0 bridgehead atoms. The summed E-state index contributed by atoms with van der Waals surface area (Å²) < 4.78 is 15.3. The van der Waals surface area contributed by atoms with Gasteiger partial charge in [-0.1, -0.05) is 12.1 Å². The van der Waals surface area contributed by atoms with Crippen molar-refractivity contribution < 1.29 is 9.50 Å². The van der Waals surface area contributed by atoms with Crippen LogP contribution in [0.25, 0.3) is 0 Å². The van der Waals surface area contributed by atoms with Gasteiger partial charge in [-0.15, -0.1) is 0 Å². The number of aromatic nitrogens is 2. The van der Waals surface area contributed by atoms with E-state index in [0.29, 0.717) is 13.0 Å². The first-order valence-corrected chi connectivity index (χ1v) is 7.28. The molecule has 21 heavy (non-hydrogen) atoms. The number of aliphatic hydroxyl groups excluding tert-OH is 1. The first-order chi connectivity index (χ1) is 10.1. The summed E-state index contributed by atoms with van der Waals surface area (Å²) in [4.78, 5) is 2.20. The Morgan fingerprint density at radius 1 is 1.38 bits per heavy atom. The number of rotatable bonds is 4. The van der Waals surface area contributed by atoms with E-state index in [1.165, 1.54) is 6.07 Å². The van der Waals surface area contributed by atoms with Crippen LogP contribution in [0.15, 0.2) is 36.7 Å². The fourth-order valence-electron chi connectivity index (χ4n) is 3.01. The van der Waals surface area contributed by atoms with Crippen LogP contribution >= 0.6 is 0 Å². The molecule has 1 aliphatic heterocycles. The van der Waals surface area contributed by atoms with Gasteiger partial charge in [0.05, 0.1) is 18.8 Å². The largest absolute Gasteiger partial charge is 0.392 e. The highest BCUT2D eigenvalue weighted by molar-refractivity contribution is 5.21. The van der Waals surface area contributed by atoms with E-state index in [2.05, 4.69) is 10.00 Å². The zero-order chi connectivity index (χ0) is 14.8. The minimum Gasteiger partial charge on any atom is -0.392 e. The molecule has 5 heteroatoms. The van der Waals surface area contributed by atoms with E-state index in [9.17, 15) is 9.50 Å². The SMILES string of the molecule is Cc1cnn(CCN2CC(O)CC2c2cccc(F)c2)c1. The van der Waals surface area contributed by atoms with Crippen molar-refractivity contribution >= 4 is 0 Å². The summed E-state index contributed by atoms with van der Waals surface area (Å²) in [5.74, 6) is -0.225. The summed E-state index contributed by atoms with van der Waals surface area (Å²) >= 11 is 0. The van der Waals surface area contributed by atoms with E-state index in [1.807, 2.05) is 30.1 Å². The van der Waals surface area contributed by atoms with Crippen LogP contribution in [0.1, 0.15) is 23.6 Å². The van der Waals surface area contributed by atoms with Crippen molar-refractivity contribution in [1.82, 2.24) is 14.7 Å². The van der Waals surface area contributed by atoms with Crippen LogP contribution < -0.4 is 0 Å². The molecule has 2 aromatic rings. The number of aliphatic hydroxyl groups is 1. The second-order valence-electron chi connectivity index (χ2n) is 5.74. The Balaban J connectivity index is 1.70. The van der Waals surface area contributed by atoms with Crippen LogP contribution in [0.4, 0.5) is 4.39 Å². The highest BCUT2D eigenvalue weighted by atomic mass is 19.1. The molecule has 0 amide bonds. The minimum absolute atomic E-state index is 0.0763. The molecule has 1 saturated heterocycles. The van der Waals surface area contributed by atoms with Crippen molar-refractivity contribution in [3.63, 3.8) is 0 Å². The molecule has 2 heterocycles. The number of hydrogen-bond acceptors (Lipinski definition) is 3. The molecule has 1 fully saturated rings. The fourth-order valence-corrected chi connectivity index (χ4v) is 3.01. The first-order valence-electron chi connectivity index (χ1n) is 7.28. The van der Waals surface area contributed by atoms with E-state index >= 15 is 0 Å². The topological polar surface area (TPSA) is 41.3 Å². The molecule has 0 aliphatic carbocycles. The maximum absolute atomic E-state index is 13.4. The van der Waals surface area contributed by atoms with Gasteiger partial charge in [0.2, 0.25) is 0 Å². The normalized spacial score (nSPS) is 22.8. The minimum atomic E-state index is -0.349. The smallest absolute Gasteiger partial charge is 0.123 e. The zero-order valence-electron chi connectivity index (χ0n) is 12.1. The number of hydrogen-bond donors (Lipinski definition) is 1. The zero-order valence-corrected chi connectivity index (χ0v) is 12.1. The monoisotopic (exact) mass is 289 g/mol.